The number of fused-ring (bicyclic) bond motifs is 1. The fourth-order valence-electron chi connectivity index (χ4n) is 3.60. The zero-order chi connectivity index (χ0) is 25.8. The van der Waals surface area contributed by atoms with Crippen LogP contribution in [0.5, 0.6) is 5.75 Å². The van der Waals surface area contributed by atoms with Crippen LogP contribution in [-0.2, 0) is 20.4 Å². The number of sulfonamides is 1. The Kier molecular flexibility index (Phi) is 5.78. The molecule has 0 fully saturated rings. The number of hydrogen-bond acceptors (Lipinski definition) is 6. The normalized spacial score (nSPS) is 17.7. The molecule has 1 aromatic heterocycles. The van der Waals surface area contributed by atoms with E-state index in [1.165, 1.54) is 36.1 Å². The molecule has 1 atom stereocenters. The SMILES string of the molecule is COc1ccc(-n2c3c(c(=O)[nH]c2=O)[C@@](NS(=O)(=O)c2ccc(Cl)cc2)(C(F)(F)F)C(=O)N3)cc1. The number of carbonyl (C=O) groups excluding carboxylic acids is 1. The van der Waals surface area contributed by atoms with Crippen molar-refractivity contribution in [3.8, 4) is 11.4 Å². The molecule has 15 heteroatoms. The summed E-state index contributed by atoms with van der Waals surface area (Å²) in [6, 6.07) is 9.43. The third kappa shape index (κ3) is 3.88. The molecule has 184 valence electrons. The van der Waals surface area contributed by atoms with Gasteiger partial charge in [0.25, 0.3) is 11.5 Å². The van der Waals surface area contributed by atoms with Gasteiger partial charge in [0.05, 0.1) is 23.3 Å². The van der Waals surface area contributed by atoms with Crippen LogP contribution in [0.4, 0.5) is 19.0 Å². The summed E-state index contributed by atoms with van der Waals surface area (Å²) in [4.78, 5) is 39.1. The number of aromatic amines is 1. The minimum atomic E-state index is -5.64. The van der Waals surface area contributed by atoms with Crippen molar-refractivity contribution in [3.63, 3.8) is 0 Å². The van der Waals surface area contributed by atoms with Gasteiger partial charge in [-0.3, -0.25) is 14.6 Å². The maximum absolute atomic E-state index is 14.5. The molecule has 0 spiro atoms. The summed E-state index contributed by atoms with van der Waals surface area (Å²) in [6.45, 7) is 0. The topological polar surface area (TPSA) is 139 Å². The summed E-state index contributed by atoms with van der Waals surface area (Å²) in [7, 11) is -3.67. The molecule has 4 rings (SSSR count). The lowest BCUT2D eigenvalue weighted by atomic mass is 9.93. The Morgan fingerprint density at radius 2 is 1.63 bits per heavy atom. The van der Waals surface area contributed by atoms with Gasteiger partial charge in [0, 0.05) is 5.02 Å². The van der Waals surface area contributed by atoms with Crippen LogP contribution in [0.1, 0.15) is 5.56 Å². The van der Waals surface area contributed by atoms with E-state index < -0.39 is 55.2 Å². The van der Waals surface area contributed by atoms with Crippen LogP contribution in [-0.4, -0.2) is 37.2 Å². The van der Waals surface area contributed by atoms with Crippen molar-refractivity contribution in [2.45, 2.75) is 16.6 Å². The van der Waals surface area contributed by atoms with Gasteiger partial charge >= 0.3 is 11.9 Å². The van der Waals surface area contributed by atoms with Crippen molar-refractivity contribution in [2.24, 2.45) is 0 Å². The molecule has 0 unspecified atom stereocenters. The third-order valence-electron chi connectivity index (χ3n) is 5.23. The van der Waals surface area contributed by atoms with Gasteiger partial charge in [0.15, 0.2) is 0 Å². The fourth-order valence-corrected chi connectivity index (χ4v) is 5.05. The van der Waals surface area contributed by atoms with Gasteiger partial charge in [-0.15, -0.1) is 0 Å². The van der Waals surface area contributed by atoms with Crippen LogP contribution in [0.2, 0.25) is 5.02 Å². The lowest BCUT2D eigenvalue weighted by Crippen LogP contribution is -2.61. The first-order valence-electron chi connectivity index (χ1n) is 9.54. The highest BCUT2D eigenvalue weighted by Crippen LogP contribution is 2.46. The Labute approximate surface area is 199 Å². The van der Waals surface area contributed by atoms with Crippen molar-refractivity contribution in [2.75, 3.05) is 12.4 Å². The van der Waals surface area contributed by atoms with E-state index >= 15 is 0 Å². The minimum absolute atomic E-state index is 0.0397. The van der Waals surface area contributed by atoms with Crippen LogP contribution in [0.3, 0.4) is 0 Å². The van der Waals surface area contributed by atoms with E-state index in [1.807, 2.05) is 5.32 Å². The quantitative estimate of drug-likeness (QED) is 0.460. The third-order valence-corrected chi connectivity index (χ3v) is 6.95. The molecule has 0 radical (unpaired) electrons. The second-order valence-corrected chi connectivity index (χ2v) is 9.40. The zero-order valence-corrected chi connectivity index (χ0v) is 19.0. The van der Waals surface area contributed by atoms with E-state index in [0.717, 1.165) is 24.3 Å². The Hall–Kier alpha value is -3.62. The van der Waals surface area contributed by atoms with Gasteiger partial charge in [-0.25, -0.2) is 17.8 Å². The number of methoxy groups -OCH3 is 1. The van der Waals surface area contributed by atoms with E-state index in [9.17, 15) is 36.0 Å². The standard InChI is InChI=1S/C20H14ClF3N4O6S/c1-34-12-6-4-11(5-7-12)28-15-14(16(29)26-18(28)31)19(17(30)25-15,20(22,23)24)27-35(32,33)13-8-2-10(21)3-9-13/h2-9,27H,1H3,(H,25,30)(H,26,29,31)/t19-/m0/s1. The van der Waals surface area contributed by atoms with Gasteiger partial charge in [-0.2, -0.15) is 17.9 Å². The Morgan fingerprint density at radius 3 is 2.17 bits per heavy atom. The molecular formula is C20H14ClF3N4O6S. The van der Waals surface area contributed by atoms with E-state index in [1.54, 1.807) is 4.98 Å². The molecule has 3 aromatic rings. The lowest BCUT2D eigenvalue weighted by molar-refractivity contribution is -0.194. The predicted molar refractivity (Wildman–Crippen MR) is 117 cm³/mol. The molecule has 0 aliphatic carbocycles. The largest absolute Gasteiger partial charge is 0.497 e. The highest BCUT2D eigenvalue weighted by atomic mass is 35.5. The predicted octanol–water partition coefficient (Wildman–Crippen LogP) is 1.88. The molecule has 1 aliphatic rings. The van der Waals surface area contributed by atoms with Gasteiger partial charge in [-0.05, 0) is 48.5 Å². The van der Waals surface area contributed by atoms with Crippen molar-refractivity contribution >= 4 is 33.3 Å². The fraction of sp³-hybridized carbons (Fsp3) is 0.150. The number of anilines is 1. The summed E-state index contributed by atoms with van der Waals surface area (Å²) >= 11 is 5.71. The number of alkyl halides is 3. The second kappa shape index (κ2) is 8.25. The van der Waals surface area contributed by atoms with Gasteiger partial charge < -0.3 is 10.1 Å². The number of hydrogen-bond donors (Lipinski definition) is 3. The number of nitrogens with one attached hydrogen (secondary N) is 3. The Balaban J connectivity index is 1.99. The molecule has 2 heterocycles. The van der Waals surface area contributed by atoms with E-state index in [0.29, 0.717) is 10.3 Å². The number of carbonyl (C=O) groups is 1. The minimum Gasteiger partial charge on any atom is -0.497 e. The molecule has 35 heavy (non-hydrogen) atoms. The Morgan fingerprint density at radius 1 is 1.03 bits per heavy atom. The number of benzene rings is 2. The number of rotatable bonds is 5. The highest BCUT2D eigenvalue weighted by molar-refractivity contribution is 7.89. The maximum Gasteiger partial charge on any atom is 0.421 e. The number of ether oxygens (including phenoxy) is 1. The second-order valence-electron chi connectivity index (χ2n) is 7.28. The molecule has 0 saturated heterocycles. The number of halogens is 4. The van der Waals surface area contributed by atoms with Crippen molar-refractivity contribution in [1.29, 1.82) is 0 Å². The molecule has 10 nitrogen and oxygen atoms in total. The first-order valence-corrected chi connectivity index (χ1v) is 11.4. The van der Waals surface area contributed by atoms with E-state index in [4.69, 9.17) is 16.3 Å². The Bertz CT molecular complexity index is 1550. The number of aromatic nitrogens is 2. The average Bonchev–Trinajstić information content (AvgIpc) is 3.07. The molecular weight excluding hydrogens is 517 g/mol. The molecule has 1 amide bonds. The zero-order valence-electron chi connectivity index (χ0n) is 17.4. The molecule has 2 aromatic carbocycles. The monoisotopic (exact) mass is 530 g/mol. The summed E-state index contributed by atoms with van der Waals surface area (Å²) in [5.41, 5.74) is -8.21. The maximum atomic E-state index is 14.5. The van der Waals surface area contributed by atoms with E-state index in [2.05, 4.69) is 0 Å². The van der Waals surface area contributed by atoms with Gasteiger partial charge in [0.2, 0.25) is 15.6 Å². The number of nitrogens with zero attached hydrogens (tertiary/aromatic N) is 1. The number of H-pyrrole nitrogens is 1. The lowest BCUT2D eigenvalue weighted by Gasteiger charge is -2.29. The molecule has 0 bridgehead atoms. The van der Waals surface area contributed by atoms with E-state index in [-0.39, 0.29) is 10.7 Å². The van der Waals surface area contributed by atoms with Crippen molar-refractivity contribution in [1.82, 2.24) is 14.3 Å². The average molecular weight is 531 g/mol. The van der Waals surface area contributed by atoms with Gasteiger partial charge in [-0.1, -0.05) is 11.6 Å². The molecule has 3 N–H and O–H groups in total. The van der Waals surface area contributed by atoms with Crippen molar-refractivity contribution in [3.05, 3.63) is 80.0 Å². The van der Waals surface area contributed by atoms with Crippen LogP contribution < -0.4 is 26.0 Å². The van der Waals surface area contributed by atoms with Crippen LogP contribution in [0.25, 0.3) is 5.69 Å². The number of amides is 1. The van der Waals surface area contributed by atoms with Gasteiger partial charge in [0.1, 0.15) is 11.6 Å². The smallest absolute Gasteiger partial charge is 0.421 e. The molecule has 1 aliphatic heterocycles. The summed E-state index contributed by atoms with van der Waals surface area (Å²) in [5, 5.41) is 1.97. The van der Waals surface area contributed by atoms with Crippen molar-refractivity contribution < 1.29 is 31.1 Å². The first kappa shape index (κ1) is 24.5. The van der Waals surface area contributed by atoms with Crippen LogP contribution >= 0.6 is 11.6 Å². The van der Waals surface area contributed by atoms with Crippen LogP contribution in [0.15, 0.2) is 63.0 Å². The first-order chi connectivity index (χ1) is 16.3. The highest BCUT2D eigenvalue weighted by Gasteiger charge is 2.69. The summed E-state index contributed by atoms with van der Waals surface area (Å²) < 4.78 is 76.2. The summed E-state index contributed by atoms with van der Waals surface area (Å²) in [6.07, 6.45) is -5.64. The molecule has 0 saturated carbocycles. The van der Waals surface area contributed by atoms with Crippen LogP contribution in [0, 0.1) is 0 Å². The summed E-state index contributed by atoms with van der Waals surface area (Å²) in [5.74, 6) is -2.41.